The highest BCUT2D eigenvalue weighted by Gasteiger charge is 2.07. The highest BCUT2D eigenvalue weighted by atomic mass is 16.5. The zero-order valence-electron chi connectivity index (χ0n) is 12.0. The van der Waals surface area contributed by atoms with E-state index in [2.05, 4.69) is 15.3 Å². The molecule has 1 amide bonds. The molecule has 1 atom stereocenters. The fourth-order valence-electron chi connectivity index (χ4n) is 1.86. The highest BCUT2D eigenvalue weighted by molar-refractivity contribution is 5.91. The average molecular weight is 285 g/mol. The Morgan fingerprint density at radius 3 is 2.81 bits per heavy atom. The number of rotatable bonds is 7. The molecule has 5 nitrogen and oxygen atoms in total. The highest BCUT2D eigenvalue weighted by Crippen LogP contribution is 2.15. The maximum absolute atomic E-state index is 11.7. The molecule has 1 N–H and O–H groups in total. The first-order valence-electron chi connectivity index (χ1n) is 6.98. The molecule has 1 heterocycles. The van der Waals surface area contributed by atoms with E-state index in [1.165, 1.54) is 18.6 Å². The molecule has 5 heteroatoms. The van der Waals surface area contributed by atoms with Crippen LogP contribution in [0.4, 0.5) is 0 Å². The summed E-state index contributed by atoms with van der Waals surface area (Å²) in [5.41, 5.74) is 1.48. The average Bonchev–Trinajstić information content (AvgIpc) is 2.55. The molecule has 2 aromatic rings. The van der Waals surface area contributed by atoms with Crippen LogP contribution in [0.5, 0.6) is 0 Å². The molecule has 0 radical (unpaired) electrons. The molecule has 0 fully saturated rings. The maximum atomic E-state index is 11.7. The molecule has 0 aliphatic carbocycles. The lowest BCUT2D eigenvalue weighted by Gasteiger charge is -2.13. The first kappa shape index (κ1) is 15.1. The summed E-state index contributed by atoms with van der Waals surface area (Å²) in [5.74, 6) is -0.209. The first-order valence-corrected chi connectivity index (χ1v) is 6.98. The molecular weight excluding hydrogens is 266 g/mol. The number of carbonyl (C=O) groups is 1. The van der Waals surface area contributed by atoms with E-state index < -0.39 is 0 Å². The van der Waals surface area contributed by atoms with Crippen molar-refractivity contribution in [1.29, 1.82) is 0 Å². The number of ether oxygens (including phenoxy) is 1. The van der Waals surface area contributed by atoms with Gasteiger partial charge in [0.05, 0.1) is 12.3 Å². The predicted molar refractivity (Wildman–Crippen MR) is 79.8 cm³/mol. The molecule has 2 rings (SSSR count). The normalized spacial score (nSPS) is 11.9. The fourth-order valence-corrected chi connectivity index (χ4v) is 1.86. The Labute approximate surface area is 124 Å². The molecule has 0 saturated heterocycles. The summed E-state index contributed by atoms with van der Waals surface area (Å²) < 4.78 is 5.74. The van der Waals surface area contributed by atoms with Crippen LogP contribution < -0.4 is 5.32 Å². The van der Waals surface area contributed by atoms with Crippen LogP contribution in [0.1, 0.15) is 35.5 Å². The smallest absolute Gasteiger partial charge is 0.271 e. The third kappa shape index (κ3) is 4.96. The van der Waals surface area contributed by atoms with Crippen LogP contribution in [0.25, 0.3) is 0 Å². The van der Waals surface area contributed by atoms with Gasteiger partial charge in [-0.3, -0.25) is 9.78 Å². The van der Waals surface area contributed by atoms with Crippen molar-refractivity contribution in [3.63, 3.8) is 0 Å². The molecule has 0 aliphatic heterocycles. The minimum absolute atomic E-state index is 0.0573. The standard InChI is InChI=1S/C16H19N3O2/c1-13(14-6-3-2-4-7-14)21-11-5-8-19-16(20)15-12-17-9-10-18-15/h2-4,6-7,9-10,12-13H,5,8,11H2,1H3,(H,19,20)/t13-/m0/s1. The van der Waals surface area contributed by atoms with Gasteiger partial charge in [0.25, 0.3) is 5.91 Å². The zero-order chi connectivity index (χ0) is 14.9. The lowest BCUT2D eigenvalue weighted by atomic mass is 10.1. The molecule has 0 aliphatic rings. The van der Waals surface area contributed by atoms with Crippen LogP contribution in [-0.2, 0) is 4.74 Å². The molecule has 1 aromatic carbocycles. The van der Waals surface area contributed by atoms with E-state index in [1.54, 1.807) is 0 Å². The summed E-state index contributed by atoms with van der Waals surface area (Å²) in [6, 6.07) is 10.1. The van der Waals surface area contributed by atoms with Crippen LogP contribution in [0.3, 0.4) is 0 Å². The van der Waals surface area contributed by atoms with Crippen LogP contribution in [0, 0.1) is 0 Å². The van der Waals surface area contributed by atoms with Crippen molar-refractivity contribution < 1.29 is 9.53 Å². The van der Waals surface area contributed by atoms with Crippen molar-refractivity contribution in [2.75, 3.05) is 13.2 Å². The number of hydrogen-bond acceptors (Lipinski definition) is 4. The Kier molecular flexibility index (Phi) is 5.84. The number of amides is 1. The molecular formula is C16H19N3O2. The van der Waals surface area contributed by atoms with Crippen molar-refractivity contribution >= 4 is 5.91 Å². The maximum Gasteiger partial charge on any atom is 0.271 e. The van der Waals surface area contributed by atoms with Gasteiger partial charge in [-0.15, -0.1) is 0 Å². The predicted octanol–water partition coefficient (Wildman–Crippen LogP) is 2.37. The van der Waals surface area contributed by atoms with Crippen LogP contribution in [-0.4, -0.2) is 29.0 Å². The third-order valence-corrected chi connectivity index (χ3v) is 3.04. The Hall–Kier alpha value is -2.27. The van der Waals surface area contributed by atoms with Crippen molar-refractivity contribution in [2.24, 2.45) is 0 Å². The fraction of sp³-hybridized carbons (Fsp3) is 0.312. The second-order valence-corrected chi connectivity index (χ2v) is 4.62. The van der Waals surface area contributed by atoms with Gasteiger partial charge in [0.2, 0.25) is 0 Å². The quantitative estimate of drug-likeness (QED) is 0.793. The minimum atomic E-state index is -0.209. The van der Waals surface area contributed by atoms with Gasteiger partial charge in [-0.1, -0.05) is 30.3 Å². The molecule has 1 aromatic heterocycles. The Balaban J connectivity index is 1.63. The second kappa shape index (κ2) is 8.11. The second-order valence-electron chi connectivity index (χ2n) is 4.62. The minimum Gasteiger partial charge on any atom is -0.374 e. The lowest BCUT2D eigenvalue weighted by Crippen LogP contribution is -2.26. The van der Waals surface area contributed by atoms with Gasteiger partial charge in [-0.05, 0) is 18.9 Å². The Morgan fingerprint density at radius 2 is 2.10 bits per heavy atom. The molecule has 0 spiro atoms. The van der Waals surface area contributed by atoms with Crippen LogP contribution in [0.2, 0.25) is 0 Å². The summed E-state index contributed by atoms with van der Waals surface area (Å²) >= 11 is 0. The van der Waals surface area contributed by atoms with Crippen molar-refractivity contribution in [1.82, 2.24) is 15.3 Å². The largest absolute Gasteiger partial charge is 0.374 e. The summed E-state index contributed by atoms with van der Waals surface area (Å²) in [5, 5.41) is 2.79. The third-order valence-electron chi connectivity index (χ3n) is 3.04. The van der Waals surface area contributed by atoms with E-state index in [-0.39, 0.29) is 12.0 Å². The van der Waals surface area contributed by atoms with Gasteiger partial charge >= 0.3 is 0 Å². The first-order chi connectivity index (χ1) is 10.3. The number of aromatic nitrogens is 2. The van der Waals surface area contributed by atoms with Gasteiger partial charge in [-0.2, -0.15) is 0 Å². The van der Waals surface area contributed by atoms with E-state index in [0.29, 0.717) is 18.8 Å². The van der Waals surface area contributed by atoms with Crippen molar-refractivity contribution in [2.45, 2.75) is 19.4 Å². The van der Waals surface area contributed by atoms with Gasteiger partial charge in [0.15, 0.2) is 0 Å². The number of nitrogens with one attached hydrogen (secondary N) is 1. The van der Waals surface area contributed by atoms with Gasteiger partial charge in [0, 0.05) is 25.5 Å². The summed E-state index contributed by atoms with van der Waals surface area (Å²) in [6.07, 6.45) is 5.30. The molecule has 110 valence electrons. The monoisotopic (exact) mass is 285 g/mol. The van der Waals surface area contributed by atoms with Crippen LogP contribution >= 0.6 is 0 Å². The molecule has 21 heavy (non-hydrogen) atoms. The summed E-state index contributed by atoms with van der Waals surface area (Å²) in [4.78, 5) is 19.5. The van der Waals surface area contributed by atoms with Gasteiger partial charge in [0.1, 0.15) is 5.69 Å². The van der Waals surface area contributed by atoms with Gasteiger partial charge in [-0.25, -0.2) is 4.98 Å². The van der Waals surface area contributed by atoms with Crippen molar-refractivity contribution in [3.8, 4) is 0 Å². The molecule has 0 bridgehead atoms. The van der Waals surface area contributed by atoms with E-state index in [1.807, 2.05) is 37.3 Å². The van der Waals surface area contributed by atoms with Crippen molar-refractivity contribution in [3.05, 3.63) is 60.2 Å². The SMILES string of the molecule is C[C@H](OCCCNC(=O)c1cnccn1)c1ccccc1. The van der Waals surface area contributed by atoms with Gasteiger partial charge < -0.3 is 10.1 Å². The number of carbonyl (C=O) groups excluding carboxylic acids is 1. The number of hydrogen-bond donors (Lipinski definition) is 1. The number of benzene rings is 1. The number of nitrogens with zero attached hydrogens (tertiary/aromatic N) is 2. The van der Waals surface area contributed by atoms with E-state index in [9.17, 15) is 4.79 Å². The van der Waals surface area contributed by atoms with E-state index in [4.69, 9.17) is 4.74 Å². The van der Waals surface area contributed by atoms with E-state index in [0.717, 1.165) is 12.0 Å². The topological polar surface area (TPSA) is 64.1 Å². The Morgan fingerprint density at radius 1 is 1.29 bits per heavy atom. The van der Waals surface area contributed by atoms with Crippen LogP contribution in [0.15, 0.2) is 48.9 Å². The molecule has 0 saturated carbocycles. The zero-order valence-corrected chi connectivity index (χ0v) is 12.0. The van der Waals surface area contributed by atoms with E-state index >= 15 is 0 Å². The molecule has 0 unspecified atom stereocenters. The Bertz CT molecular complexity index is 546. The summed E-state index contributed by atoms with van der Waals surface area (Å²) in [7, 11) is 0. The lowest BCUT2D eigenvalue weighted by molar-refractivity contribution is 0.0634. The summed E-state index contributed by atoms with van der Waals surface area (Å²) in [6.45, 7) is 3.17.